The van der Waals surface area contributed by atoms with Crippen molar-refractivity contribution in [3.8, 4) is 0 Å². The van der Waals surface area contributed by atoms with Crippen LogP contribution in [0.3, 0.4) is 0 Å². The van der Waals surface area contributed by atoms with E-state index in [9.17, 15) is 4.79 Å². The fourth-order valence-electron chi connectivity index (χ4n) is 2.58. The van der Waals surface area contributed by atoms with Gasteiger partial charge >= 0.3 is 5.97 Å². The molecule has 0 unspecified atom stereocenters. The molecule has 0 aliphatic rings. The number of esters is 1. The van der Waals surface area contributed by atoms with Crippen molar-refractivity contribution < 1.29 is 9.53 Å². The molecule has 0 amide bonds. The van der Waals surface area contributed by atoms with Crippen LogP contribution < -0.4 is 5.32 Å². The molecule has 0 bridgehead atoms. The number of ether oxygens (including phenoxy) is 1. The van der Waals surface area contributed by atoms with Crippen LogP contribution in [0.2, 0.25) is 0 Å². The smallest absolute Gasteiger partial charge is 0.302 e. The first kappa shape index (κ1) is 26.0. The van der Waals surface area contributed by atoms with Gasteiger partial charge in [-0.1, -0.05) is 54.9 Å². The van der Waals surface area contributed by atoms with Crippen molar-refractivity contribution >= 4 is 5.97 Å². The van der Waals surface area contributed by atoms with E-state index in [0.717, 1.165) is 45.1 Å². The number of carbonyl (C=O) groups excluding carboxylic acids is 1. The minimum absolute atomic E-state index is 0.228. The number of allylic oxidation sites excluding steroid dienone is 7. The zero-order valence-electron chi connectivity index (χ0n) is 18.9. The van der Waals surface area contributed by atoms with Crippen LogP contribution >= 0.6 is 0 Å². The second-order valence-electron chi connectivity index (χ2n) is 7.26. The zero-order chi connectivity index (χ0) is 21.2. The Balaban J connectivity index is 4.20. The molecule has 0 atom stereocenters. The summed E-state index contributed by atoms with van der Waals surface area (Å²) in [6, 6.07) is 0. The molecule has 0 fully saturated rings. The molecule has 0 saturated carbocycles. The molecule has 3 nitrogen and oxygen atoms in total. The average Bonchev–Trinajstić information content (AvgIpc) is 2.63. The van der Waals surface area contributed by atoms with Gasteiger partial charge in [-0.2, -0.15) is 0 Å². The van der Waals surface area contributed by atoms with Crippen molar-refractivity contribution in [1.29, 1.82) is 0 Å². The van der Waals surface area contributed by atoms with Crippen LogP contribution in [0.4, 0.5) is 0 Å². The number of hydrogen-bond acceptors (Lipinski definition) is 3. The highest BCUT2D eigenvalue weighted by Gasteiger charge is 1.95. The predicted octanol–water partition coefficient (Wildman–Crippen LogP) is 6.80. The lowest BCUT2D eigenvalue weighted by Gasteiger charge is -2.08. The monoisotopic (exact) mass is 387 g/mol. The first-order valence-electron chi connectivity index (χ1n) is 10.6. The maximum Gasteiger partial charge on any atom is 0.302 e. The van der Waals surface area contributed by atoms with Crippen molar-refractivity contribution in [2.75, 3.05) is 13.2 Å². The Labute approximate surface area is 173 Å². The van der Waals surface area contributed by atoms with Gasteiger partial charge < -0.3 is 10.1 Å². The molecule has 0 heterocycles. The van der Waals surface area contributed by atoms with Crippen LogP contribution in [0, 0.1) is 0 Å². The molecule has 0 saturated heterocycles. The van der Waals surface area contributed by atoms with Crippen molar-refractivity contribution in [3.63, 3.8) is 0 Å². The second-order valence-corrected chi connectivity index (χ2v) is 7.26. The van der Waals surface area contributed by atoms with Gasteiger partial charge in [0, 0.05) is 19.2 Å². The maximum atomic E-state index is 10.7. The van der Waals surface area contributed by atoms with Crippen LogP contribution in [0.1, 0.15) is 80.1 Å². The molecular formula is C25H41NO2. The third kappa shape index (κ3) is 16.2. The summed E-state index contributed by atoms with van der Waals surface area (Å²) in [5, 5.41) is 3.52. The minimum Gasteiger partial charge on any atom is -0.462 e. The minimum atomic E-state index is -0.228. The quantitative estimate of drug-likeness (QED) is 0.202. The summed E-state index contributed by atoms with van der Waals surface area (Å²) in [5.74, 6) is -0.228. The first-order chi connectivity index (χ1) is 13.4. The van der Waals surface area contributed by atoms with E-state index >= 15 is 0 Å². The molecule has 0 aliphatic heterocycles. The highest BCUT2D eigenvalue weighted by atomic mass is 16.5. The van der Waals surface area contributed by atoms with Crippen LogP contribution in [0.25, 0.3) is 0 Å². The lowest BCUT2D eigenvalue weighted by molar-refractivity contribution is -0.139. The van der Waals surface area contributed by atoms with Crippen LogP contribution in [-0.2, 0) is 9.53 Å². The van der Waals surface area contributed by atoms with E-state index in [2.05, 4.69) is 70.3 Å². The van der Waals surface area contributed by atoms with E-state index in [4.69, 9.17) is 4.74 Å². The lowest BCUT2D eigenvalue weighted by atomic mass is 10.1. The van der Waals surface area contributed by atoms with Gasteiger partial charge in [0.1, 0.15) is 6.61 Å². The molecule has 0 aromatic rings. The van der Waals surface area contributed by atoms with E-state index in [1.807, 2.05) is 6.08 Å². The fraction of sp³-hybridized carbons (Fsp3) is 0.560. The van der Waals surface area contributed by atoms with Gasteiger partial charge in [-0.15, -0.1) is 0 Å². The van der Waals surface area contributed by atoms with E-state index in [0.29, 0.717) is 6.61 Å². The summed E-state index contributed by atoms with van der Waals surface area (Å²) >= 11 is 0. The summed E-state index contributed by atoms with van der Waals surface area (Å²) in [5.41, 5.74) is 5.29. The maximum absolute atomic E-state index is 10.7. The molecule has 28 heavy (non-hydrogen) atoms. The number of nitrogens with one attached hydrogen (secondary N) is 1. The number of rotatable bonds is 14. The Morgan fingerprint density at radius 2 is 1.43 bits per heavy atom. The highest BCUT2D eigenvalue weighted by Crippen LogP contribution is 2.11. The largest absolute Gasteiger partial charge is 0.462 e. The van der Waals surface area contributed by atoms with Crippen molar-refractivity contribution in [2.24, 2.45) is 0 Å². The Morgan fingerprint density at radius 1 is 0.821 bits per heavy atom. The van der Waals surface area contributed by atoms with Gasteiger partial charge in [-0.25, -0.2) is 0 Å². The molecule has 0 rings (SSSR count). The molecule has 0 aromatic carbocycles. The Morgan fingerprint density at radius 3 is 2.00 bits per heavy atom. The van der Waals surface area contributed by atoms with Crippen LogP contribution in [0.5, 0.6) is 0 Å². The first-order valence-corrected chi connectivity index (χ1v) is 10.6. The molecule has 0 spiro atoms. The third-order valence-electron chi connectivity index (χ3n) is 4.31. The van der Waals surface area contributed by atoms with Crippen molar-refractivity contribution in [2.45, 2.75) is 80.1 Å². The third-order valence-corrected chi connectivity index (χ3v) is 4.31. The fourth-order valence-corrected chi connectivity index (χ4v) is 2.58. The Hall–Kier alpha value is -2.03. The van der Waals surface area contributed by atoms with Gasteiger partial charge in [-0.05, 0) is 71.4 Å². The number of hydrogen-bond donors (Lipinski definition) is 1. The molecule has 1 N–H and O–H groups in total. The number of carbonyl (C=O) groups is 1. The van der Waals surface area contributed by atoms with Gasteiger partial charge in [0.05, 0.1) is 0 Å². The van der Waals surface area contributed by atoms with Gasteiger partial charge in [0.15, 0.2) is 0 Å². The molecular weight excluding hydrogens is 346 g/mol. The van der Waals surface area contributed by atoms with Crippen molar-refractivity contribution in [3.05, 3.63) is 58.9 Å². The summed E-state index contributed by atoms with van der Waals surface area (Å²) in [6.45, 7) is 13.5. The Bertz CT molecular complexity index is 592. The van der Waals surface area contributed by atoms with E-state index in [1.165, 1.54) is 29.3 Å². The molecule has 158 valence electrons. The molecule has 0 radical (unpaired) electrons. The lowest BCUT2D eigenvalue weighted by Crippen LogP contribution is -2.14. The van der Waals surface area contributed by atoms with E-state index in [1.54, 1.807) is 0 Å². The molecule has 3 heteroatoms. The summed E-state index contributed by atoms with van der Waals surface area (Å²) in [4.78, 5) is 10.7. The van der Waals surface area contributed by atoms with Gasteiger partial charge in [0.2, 0.25) is 0 Å². The highest BCUT2D eigenvalue weighted by molar-refractivity contribution is 5.66. The standard InChI is InChI=1S/C25H41NO2/c1-7-9-17-25(12-8-2)26-20-23(5)16-11-14-21(3)13-10-15-22(4)18-19-28-24(6)27/h9,12-13,16-18,26H,7-8,10-11,14-15,19-20H2,1-6H3/b17-9-,21-13+,22-18+,23-16+,25-12+. The normalized spacial score (nSPS) is 13.9. The molecule has 0 aromatic heterocycles. The van der Waals surface area contributed by atoms with E-state index in [-0.39, 0.29) is 5.97 Å². The SMILES string of the molecule is CC/C=C\C(=C/CC)NC/C(C)=C/CC/C(C)=C/CC/C(C)=C/COC(C)=O. The van der Waals surface area contributed by atoms with Crippen LogP contribution in [0.15, 0.2) is 58.9 Å². The predicted molar refractivity (Wildman–Crippen MR) is 122 cm³/mol. The second kappa shape index (κ2) is 17.1. The van der Waals surface area contributed by atoms with E-state index < -0.39 is 0 Å². The topological polar surface area (TPSA) is 38.3 Å². The average molecular weight is 388 g/mol. The van der Waals surface area contributed by atoms with Gasteiger partial charge in [-0.3, -0.25) is 4.79 Å². The summed E-state index contributed by atoms with van der Waals surface area (Å²) < 4.78 is 4.93. The van der Waals surface area contributed by atoms with Gasteiger partial charge in [0.25, 0.3) is 0 Å². The Kier molecular flexibility index (Phi) is 15.9. The molecule has 0 aliphatic carbocycles. The van der Waals surface area contributed by atoms with Crippen molar-refractivity contribution in [1.82, 2.24) is 5.32 Å². The summed E-state index contributed by atoms with van der Waals surface area (Å²) in [6.07, 6.45) is 19.6. The summed E-state index contributed by atoms with van der Waals surface area (Å²) in [7, 11) is 0. The van der Waals surface area contributed by atoms with Crippen LogP contribution in [-0.4, -0.2) is 19.1 Å². The zero-order valence-corrected chi connectivity index (χ0v) is 18.9.